The van der Waals surface area contributed by atoms with Crippen LogP contribution in [0.3, 0.4) is 0 Å². The number of ether oxygens (including phenoxy) is 1. The maximum atomic E-state index is 13.5. The molecule has 0 unspecified atom stereocenters. The van der Waals surface area contributed by atoms with E-state index in [9.17, 15) is 12.8 Å². The van der Waals surface area contributed by atoms with Crippen molar-refractivity contribution >= 4 is 27.0 Å². The molecule has 0 aromatic heterocycles. The molecule has 2 N–H and O–H groups in total. The second kappa shape index (κ2) is 6.10. The smallest absolute Gasteiger partial charge is 0.153 e. The van der Waals surface area contributed by atoms with Crippen molar-refractivity contribution in [3.8, 4) is 5.75 Å². The minimum Gasteiger partial charge on any atom is -0.492 e. The van der Waals surface area contributed by atoms with Crippen LogP contribution in [-0.2, 0) is 9.84 Å². The predicted molar refractivity (Wildman–Crippen MR) is 72.1 cm³/mol. The Bertz CT molecular complexity index is 543. The molecule has 0 aliphatic rings. The van der Waals surface area contributed by atoms with Crippen LogP contribution in [0, 0.1) is 5.82 Å². The van der Waals surface area contributed by atoms with E-state index in [1.807, 2.05) is 0 Å². The Hall–Kier alpha value is -1.21. The first kappa shape index (κ1) is 14.8. The normalized spacial score (nSPS) is 11.2. The molecule has 0 spiro atoms. The molecule has 18 heavy (non-hydrogen) atoms. The van der Waals surface area contributed by atoms with E-state index < -0.39 is 15.7 Å². The van der Waals surface area contributed by atoms with Gasteiger partial charge in [-0.05, 0) is 12.1 Å². The van der Waals surface area contributed by atoms with Crippen molar-refractivity contribution in [2.45, 2.75) is 6.92 Å². The minimum atomic E-state index is -3.12. The number of sulfone groups is 1. The topological polar surface area (TPSA) is 69.4 Å². The molecule has 1 aromatic carbocycles. The summed E-state index contributed by atoms with van der Waals surface area (Å²) < 4.78 is 41.2. The number of hydrogen-bond acceptors (Lipinski definition) is 4. The first-order chi connectivity index (χ1) is 8.37. The Labute approximate surface area is 111 Å². The summed E-state index contributed by atoms with van der Waals surface area (Å²) in [5.41, 5.74) is 5.39. The molecule has 1 rings (SSSR count). The fourth-order valence-corrected chi connectivity index (χ4v) is 2.11. The lowest BCUT2D eigenvalue weighted by Gasteiger charge is -2.11. The van der Waals surface area contributed by atoms with Crippen LogP contribution >= 0.6 is 12.2 Å². The van der Waals surface area contributed by atoms with E-state index >= 15 is 0 Å². The first-order valence-corrected chi connectivity index (χ1v) is 7.52. The third-order valence-corrected chi connectivity index (χ3v) is 4.19. The minimum absolute atomic E-state index is 0.00129. The van der Waals surface area contributed by atoms with E-state index in [1.54, 1.807) is 6.92 Å². The van der Waals surface area contributed by atoms with Gasteiger partial charge < -0.3 is 10.5 Å². The molecular weight excluding hydrogens is 277 g/mol. The zero-order valence-electron chi connectivity index (χ0n) is 9.85. The zero-order chi connectivity index (χ0) is 13.8. The van der Waals surface area contributed by atoms with Crippen LogP contribution in [0.15, 0.2) is 18.2 Å². The lowest BCUT2D eigenvalue weighted by molar-refractivity contribution is 0.338. The highest BCUT2D eigenvalue weighted by atomic mass is 32.2. The van der Waals surface area contributed by atoms with Gasteiger partial charge in [0.2, 0.25) is 0 Å². The molecule has 1 aromatic rings. The van der Waals surface area contributed by atoms with Crippen LogP contribution in [0.5, 0.6) is 5.75 Å². The highest BCUT2D eigenvalue weighted by Crippen LogP contribution is 2.21. The summed E-state index contributed by atoms with van der Waals surface area (Å²) in [7, 11) is -3.12. The van der Waals surface area contributed by atoms with Gasteiger partial charge in [-0.1, -0.05) is 25.2 Å². The maximum absolute atomic E-state index is 13.5. The Morgan fingerprint density at radius 2 is 2.17 bits per heavy atom. The summed E-state index contributed by atoms with van der Waals surface area (Å²) in [6.45, 7) is 1.49. The van der Waals surface area contributed by atoms with Gasteiger partial charge in [0.05, 0.1) is 11.3 Å². The SMILES string of the molecule is CCS(=O)(=O)CCOc1cccc(F)c1C(N)=S. The molecule has 0 saturated heterocycles. The van der Waals surface area contributed by atoms with Gasteiger partial charge in [0.15, 0.2) is 9.84 Å². The van der Waals surface area contributed by atoms with Gasteiger partial charge in [0, 0.05) is 5.75 Å². The summed E-state index contributed by atoms with van der Waals surface area (Å²) >= 11 is 4.72. The van der Waals surface area contributed by atoms with Gasteiger partial charge in [0.1, 0.15) is 23.2 Å². The quantitative estimate of drug-likeness (QED) is 0.799. The average molecular weight is 291 g/mol. The molecule has 0 aliphatic heterocycles. The highest BCUT2D eigenvalue weighted by Gasteiger charge is 2.13. The molecule has 100 valence electrons. The summed E-state index contributed by atoms with van der Waals surface area (Å²) in [6.07, 6.45) is 0. The Balaban J connectivity index is 2.80. The van der Waals surface area contributed by atoms with E-state index in [0.29, 0.717) is 0 Å². The Morgan fingerprint density at radius 1 is 1.50 bits per heavy atom. The first-order valence-electron chi connectivity index (χ1n) is 5.29. The summed E-state index contributed by atoms with van der Waals surface area (Å²) in [5.74, 6) is -0.509. The molecular formula is C11H14FNO3S2. The summed E-state index contributed by atoms with van der Waals surface area (Å²) in [5, 5.41) is 0. The third kappa shape index (κ3) is 3.92. The Morgan fingerprint density at radius 3 is 2.72 bits per heavy atom. The highest BCUT2D eigenvalue weighted by molar-refractivity contribution is 7.91. The van der Waals surface area contributed by atoms with Crippen LogP contribution in [0.2, 0.25) is 0 Å². The van der Waals surface area contributed by atoms with Gasteiger partial charge in [-0.25, -0.2) is 12.8 Å². The van der Waals surface area contributed by atoms with Gasteiger partial charge in [-0.15, -0.1) is 0 Å². The predicted octanol–water partition coefficient (Wildman–Crippen LogP) is 1.27. The van der Waals surface area contributed by atoms with E-state index in [4.69, 9.17) is 22.7 Å². The van der Waals surface area contributed by atoms with E-state index in [1.165, 1.54) is 18.2 Å². The number of nitrogens with two attached hydrogens (primary N) is 1. The fraction of sp³-hybridized carbons (Fsp3) is 0.364. The largest absolute Gasteiger partial charge is 0.492 e. The monoisotopic (exact) mass is 291 g/mol. The standard InChI is InChI=1S/C11H14FNO3S2/c1-2-18(14,15)7-6-16-9-5-3-4-8(12)10(9)11(13)17/h3-5H,2,6-7H2,1H3,(H2,13,17). The molecule has 4 nitrogen and oxygen atoms in total. The van der Waals surface area contributed by atoms with Crippen LogP contribution < -0.4 is 10.5 Å². The summed E-state index contributed by atoms with van der Waals surface area (Å²) in [6, 6.07) is 4.15. The van der Waals surface area contributed by atoms with Crippen molar-refractivity contribution < 1.29 is 17.5 Å². The van der Waals surface area contributed by atoms with Crippen molar-refractivity contribution in [3.63, 3.8) is 0 Å². The van der Waals surface area contributed by atoms with Gasteiger partial charge in [-0.3, -0.25) is 0 Å². The van der Waals surface area contributed by atoms with Gasteiger partial charge >= 0.3 is 0 Å². The number of hydrogen-bond donors (Lipinski definition) is 1. The molecule has 0 amide bonds. The van der Waals surface area contributed by atoms with Crippen LogP contribution in [0.1, 0.15) is 12.5 Å². The molecule has 0 fully saturated rings. The Kier molecular flexibility index (Phi) is 5.03. The van der Waals surface area contributed by atoms with Crippen molar-refractivity contribution in [2.24, 2.45) is 5.73 Å². The van der Waals surface area contributed by atoms with Crippen LogP contribution in [-0.4, -0.2) is 31.5 Å². The lowest BCUT2D eigenvalue weighted by Crippen LogP contribution is -2.18. The molecule has 0 atom stereocenters. The van der Waals surface area contributed by atoms with E-state index in [-0.39, 0.29) is 34.4 Å². The number of halogens is 1. The van der Waals surface area contributed by atoms with Crippen molar-refractivity contribution in [3.05, 3.63) is 29.6 Å². The van der Waals surface area contributed by atoms with E-state index in [2.05, 4.69) is 0 Å². The van der Waals surface area contributed by atoms with Crippen LogP contribution in [0.25, 0.3) is 0 Å². The lowest BCUT2D eigenvalue weighted by atomic mass is 10.2. The molecule has 0 aliphatic carbocycles. The molecule has 0 heterocycles. The zero-order valence-corrected chi connectivity index (χ0v) is 11.5. The van der Waals surface area contributed by atoms with Crippen molar-refractivity contribution in [1.82, 2.24) is 0 Å². The van der Waals surface area contributed by atoms with Gasteiger partial charge in [-0.2, -0.15) is 0 Å². The number of benzene rings is 1. The van der Waals surface area contributed by atoms with Crippen LogP contribution in [0.4, 0.5) is 4.39 Å². The molecule has 0 radical (unpaired) electrons. The third-order valence-electron chi connectivity index (χ3n) is 2.31. The van der Waals surface area contributed by atoms with Crippen molar-refractivity contribution in [1.29, 1.82) is 0 Å². The maximum Gasteiger partial charge on any atom is 0.153 e. The second-order valence-corrected chi connectivity index (χ2v) is 6.47. The molecule has 0 bridgehead atoms. The van der Waals surface area contributed by atoms with Crippen molar-refractivity contribution in [2.75, 3.05) is 18.1 Å². The number of rotatable bonds is 6. The molecule has 0 saturated carbocycles. The van der Waals surface area contributed by atoms with Gasteiger partial charge in [0.25, 0.3) is 0 Å². The summed E-state index contributed by atoms with van der Waals surface area (Å²) in [4.78, 5) is -0.124. The fourth-order valence-electron chi connectivity index (χ4n) is 1.29. The average Bonchev–Trinajstić information content (AvgIpc) is 2.28. The second-order valence-electron chi connectivity index (χ2n) is 3.56. The number of thiocarbonyl (C=S) groups is 1. The molecule has 7 heteroatoms. The van der Waals surface area contributed by atoms with E-state index in [0.717, 1.165) is 0 Å².